The summed E-state index contributed by atoms with van der Waals surface area (Å²) >= 11 is 0. The molecule has 0 aromatic carbocycles. The fourth-order valence-corrected chi connectivity index (χ4v) is 2.79. The fraction of sp³-hybridized carbons (Fsp3) is 0.500. The lowest BCUT2D eigenvalue weighted by atomic mass is 10.0. The summed E-state index contributed by atoms with van der Waals surface area (Å²) in [5.41, 5.74) is 2.19. The van der Waals surface area contributed by atoms with E-state index < -0.39 is 0 Å². The van der Waals surface area contributed by atoms with Crippen LogP contribution in [0, 0.1) is 0 Å². The molecule has 18 heavy (non-hydrogen) atoms. The van der Waals surface area contributed by atoms with Crippen LogP contribution in [0.2, 0.25) is 0 Å². The highest BCUT2D eigenvalue weighted by atomic mass is 16.3. The normalized spacial score (nSPS) is 21.5. The summed E-state index contributed by atoms with van der Waals surface area (Å²) < 4.78 is 2.13. The van der Waals surface area contributed by atoms with Gasteiger partial charge in [0.2, 0.25) is 0 Å². The van der Waals surface area contributed by atoms with E-state index in [-0.39, 0.29) is 6.61 Å². The van der Waals surface area contributed by atoms with Gasteiger partial charge in [-0.2, -0.15) is 0 Å². The first-order chi connectivity index (χ1) is 8.88. The molecule has 0 radical (unpaired) electrons. The first kappa shape index (κ1) is 11.7. The van der Waals surface area contributed by atoms with Crippen LogP contribution < -0.4 is 0 Å². The van der Waals surface area contributed by atoms with Crippen molar-refractivity contribution in [2.45, 2.75) is 31.8 Å². The van der Waals surface area contributed by atoms with Gasteiger partial charge in [0.05, 0.1) is 18.5 Å². The summed E-state index contributed by atoms with van der Waals surface area (Å²) in [7, 11) is 0. The Morgan fingerprint density at radius 2 is 2.28 bits per heavy atom. The van der Waals surface area contributed by atoms with Gasteiger partial charge < -0.3 is 9.51 Å². The molecule has 0 bridgehead atoms. The van der Waals surface area contributed by atoms with Crippen molar-refractivity contribution in [1.29, 1.82) is 0 Å². The van der Waals surface area contributed by atoms with Crippen LogP contribution in [0.3, 0.4) is 0 Å². The third-order valence-corrected chi connectivity index (χ3v) is 3.82. The smallest absolute Gasteiger partial charge is 0.136 e. The maximum Gasteiger partial charge on any atom is 0.136 e. The van der Waals surface area contributed by atoms with E-state index in [0.29, 0.717) is 6.04 Å². The maximum atomic E-state index is 9.44. The van der Waals surface area contributed by atoms with E-state index in [2.05, 4.69) is 20.5 Å². The van der Waals surface area contributed by atoms with Gasteiger partial charge in [0.1, 0.15) is 5.65 Å². The van der Waals surface area contributed by atoms with E-state index in [1.54, 1.807) is 0 Å². The number of nitrogens with zero attached hydrogens (tertiary/aromatic N) is 3. The zero-order valence-electron chi connectivity index (χ0n) is 10.5. The Balaban J connectivity index is 1.82. The van der Waals surface area contributed by atoms with E-state index in [1.807, 2.05) is 24.4 Å². The largest absolute Gasteiger partial charge is 0.395 e. The first-order valence-electron chi connectivity index (χ1n) is 6.64. The Morgan fingerprint density at radius 1 is 1.33 bits per heavy atom. The molecule has 3 heterocycles. The average Bonchev–Trinajstić information content (AvgIpc) is 2.83. The first-order valence-corrected chi connectivity index (χ1v) is 6.64. The lowest BCUT2D eigenvalue weighted by Gasteiger charge is -2.34. The van der Waals surface area contributed by atoms with E-state index in [0.717, 1.165) is 25.2 Å². The molecule has 1 fully saturated rings. The highest BCUT2D eigenvalue weighted by Gasteiger charge is 2.22. The van der Waals surface area contributed by atoms with E-state index >= 15 is 0 Å². The second-order valence-electron chi connectivity index (χ2n) is 4.98. The van der Waals surface area contributed by atoms with Gasteiger partial charge >= 0.3 is 0 Å². The van der Waals surface area contributed by atoms with Crippen LogP contribution in [0.15, 0.2) is 30.6 Å². The molecule has 1 aliphatic heterocycles. The zero-order chi connectivity index (χ0) is 12.4. The quantitative estimate of drug-likeness (QED) is 0.894. The van der Waals surface area contributed by atoms with Crippen molar-refractivity contribution < 1.29 is 5.11 Å². The van der Waals surface area contributed by atoms with E-state index in [1.165, 1.54) is 18.5 Å². The van der Waals surface area contributed by atoms with Gasteiger partial charge in [0.15, 0.2) is 0 Å². The molecule has 1 atom stereocenters. The molecule has 1 saturated heterocycles. The molecule has 2 aromatic rings. The van der Waals surface area contributed by atoms with E-state index in [9.17, 15) is 5.11 Å². The zero-order valence-corrected chi connectivity index (χ0v) is 10.5. The van der Waals surface area contributed by atoms with Gasteiger partial charge in [-0.3, -0.25) is 4.90 Å². The minimum absolute atomic E-state index is 0.261. The van der Waals surface area contributed by atoms with Crippen molar-refractivity contribution in [3.05, 3.63) is 36.3 Å². The number of hydrogen-bond donors (Lipinski definition) is 1. The van der Waals surface area contributed by atoms with Gasteiger partial charge in [-0.05, 0) is 31.5 Å². The summed E-state index contributed by atoms with van der Waals surface area (Å²) in [6, 6.07) is 6.36. The number of aromatic nitrogens is 2. The molecule has 3 rings (SSSR count). The lowest BCUT2D eigenvalue weighted by Crippen LogP contribution is -2.41. The summed E-state index contributed by atoms with van der Waals surface area (Å²) in [5, 5.41) is 9.44. The fourth-order valence-electron chi connectivity index (χ4n) is 2.79. The summed E-state index contributed by atoms with van der Waals surface area (Å²) in [5.74, 6) is 0. The monoisotopic (exact) mass is 245 g/mol. The molecule has 0 amide bonds. The number of pyridine rings is 1. The Bertz CT molecular complexity index is 522. The number of likely N-dealkylation sites (tertiary alicyclic amines) is 1. The molecule has 1 N–H and O–H groups in total. The number of rotatable bonds is 3. The topological polar surface area (TPSA) is 40.8 Å². The Morgan fingerprint density at radius 3 is 3.17 bits per heavy atom. The minimum atomic E-state index is 0.261. The molecule has 2 aromatic heterocycles. The average molecular weight is 245 g/mol. The Hall–Kier alpha value is -1.39. The number of imidazole rings is 1. The van der Waals surface area contributed by atoms with Gasteiger partial charge in [0, 0.05) is 18.8 Å². The van der Waals surface area contributed by atoms with Crippen molar-refractivity contribution in [2.24, 2.45) is 0 Å². The van der Waals surface area contributed by atoms with Gasteiger partial charge in [0.25, 0.3) is 0 Å². The van der Waals surface area contributed by atoms with Gasteiger partial charge in [-0.1, -0.05) is 12.5 Å². The van der Waals surface area contributed by atoms with Crippen molar-refractivity contribution in [2.75, 3.05) is 13.2 Å². The maximum absolute atomic E-state index is 9.44. The van der Waals surface area contributed by atoms with Crippen LogP contribution in [-0.4, -0.2) is 38.6 Å². The molecule has 0 unspecified atom stereocenters. The molecule has 96 valence electrons. The van der Waals surface area contributed by atoms with Crippen molar-refractivity contribution in [3.63, 3.8) is 0 Å². The number of piperidine rings is 1. The van der Waals surface area contributed by atoms with Crippen LogP contribution in [0.4, 0.5) is 0 Å². The van der Waals surface area contributed by atoms with Gasteiger partial charge in [-0.25, -0.2) is 4.98 Å². The standard InChI is InChI=1S/C14H19N3O/c18-11-12-5-1-3-7-16(12)10-13-9-15-14-6-2-4-8-17(13)14/h2,4,6,8-9,12,18H,1,3,5,7,10-11H2/t12-/m1/s1. The number of aliphatic hydroxyl groups is 1. The Labute approximate surface area is 107 Å². The summed E-state index contributed by atoms with van der Waals surface area (Å²) in [4.78, 5) is 6.78. The molecule has 0 saturated carbocycles. The molecule has 1 aliphatic rings. The van der Waals surface area contributed by atoms with Crippen molar-refractivity contribution in [3.8, 4) is 0 Å². The molecule has 4 heteroatoms. The lowest BCUT2D eigenvalue weighted by molar-refractivity contribution is 0.0829. The van der Waals surface area contributed by atoms with Crippen LogP contribution in [0.1, 0.15) is 25.0 Å². The second kappa shape index (κ2) is 5.08. The Kier molecular flexibility index (Phi) is 3.30. The highest BCUT2D eigenvalue weighted by Crippen LogP contribution is 2.19. The molecular formula is C14H19N3O. The highest BCUT2D eigenvalue weighted by molar-refractivity contribution is 5.39. The summed E-state index contributed by atoms with van der Waals surface area (Å²) in [6.45, 7) is 2.21. The number of aliphatic hydroxyl groups excluding tert-OH is 1. The molecule has 0 aliphatic carbocycles. The van der Waals surface area contributed by atoms with E-state index in [4.69, 9.17) is 0 Å². The molecule has 0 spiro atoms. The molecule has 4 nitrogen and oxygen atoms in total. The second-order valence-corrected chi connectivity index (χ2v) is 4.98. The third kappa shape index (κ3) is 2.13. The molecular weight excluding hydrogens is 226 g/mol. The predicted octanol–water partition coefficient (Wildman–Crippen LogP) is 1.68. The SMILES string of the molecule is OC[C@H]1CCCCN1Cc1cnc2ccccn12. The van der Waals surface area contributed by atoms with Crippen LogP contribution in [-0.2, 0) is 6.54 Å². The number of fused-ring (bicyclic) bond motifs is 1. The number of hydrogen-bond acceptors (Lipinski definition) is 3. The minimum Gasteiger partial charge on any atom is -0.395 e. The predicted molar refractivity (Wildman–Crippen MR) is 70.3 cm³/mol. The van der Waals surface area contributed by atoms with Crippen LogP contribution in [0.5, 0.6) is 0 Å². The third-order valence-electron chi connectivity index (χ3n) is 3.82. The van der Waals surface area contributed by atoms with Gasteiger partial charge in [-0.15, -0.1) is 0 Å². The summed E-state index contributed by atoms with van der Waals surface area (Å²) in [6.07, 6.45) is 7.56. The van der Waals surface area contributed by atoms with Crippen LogP contribution in [0.25, 0.3) is 5.65 Å². The van der Waals surface area contributed by atoms with Crippen LogP contribution >= 0.6 is 0 Å². The van der Waals surface area contributed by atoms with Crippen molar-refractivity contribution >= 4 is 5.65 Å². The van der Waals surface area contributed by atoms with Crippen molar-refractivity contribution in [1.82, 2.24) is 14.3 Å².